The molecule has 4 heterocycles. The number of aryl methyl sites for hydroxylation is 1. The zero-order chi connectivity index (χ0) is 20.9. The van der Waals surface area contributed by atoms with E-state index in [4.69, 9.17) is 18.6 Å². The third-order valence-electron chi connectivity index (χ3n) is 5.56. The molecule has 2 aliphatic rings. The molecule has 0 saturated carbocycles. The molecule has 0 unspecified atom stereocenters. The number of nitrogens with zero attached hydrogens (tertiary/aromatic N) is 4. The van der Waals surface area contributed by atoms with Crippen LogP contribution in [0.1, 0.15) is 27.6 Å². The average molecular weight is 408 g/mol. The molecule has 1 aromatic carbocycles. The maximum Gasteiger partial charge on any atom is 0.276 e. The van der Waals surface area contributed by atoms with E-state index in [0.29, 0.717) is 48.3 Å². The number of carbonyl (C=O) groups is 1. The number of rotatable bonds is 4. The summed E-state index contributed by atoms with van der Waals surface area (Å²) in [6.45, 7) is 3.12. The number of ether oxygens (including phenoxy) is 3. The lowest BCUT2D eigenvalue weighted by molar-refractivity contribution is -0.126. The number of oxazole rings is 1. The van der Waals surface area contributed by atoms with Gasteiger partial charge in [0.2, 0.25) is 0 Å². The molecule has 1 fully saturated rings. The molecule has 2 aromatic heterocycles. The summed E-state index contributed by atoms with van der Waals surface area (Å²) in [7, 11) is 3.12. The lowest BCUT2D eigenvalue weighted by Gasteiger charge is -2.46. The van der Waals surface area contributed by atoms with Gasteiger partial charge < -0.3 is 23.5 Å². The molecule has 2 aliphatic heterocycles. The zero-order valence-electron chi connectivity index (χ0n) is 16.8. The third-order valence-corrected chi connectivity index (χ3v) is 5.56. The molecule has 0 radical (unpaired) electrons. The molecule has 9 heteroatoms. The molecule has 3 aromatic rings. The van der Waals surface area contributed by atoms with E-state index < -0.39 is 5.60 Å². The summed E-state index contributed by atoms with van der Waals surface area (Å²) < 4.78 is 22.2. The van der Waals surface area contributed by atoms with E-state index >= 15 is 0 Å². The normalized spacial score (nSPS) is 16.3. The highest BCUT2D eigenvalue weighted by Crippen LogP contribution is 2.43. The summed E-state index contributed by atoms with van der Waals surface area (Å²) in [6.07, 6.45) is 3.07. The number of fused-ring (bicyclic) bond motifs is 2. The highest BCUT2D eigenvalue weighted by atomic mass is 16.5. The smallest absolute Gasteiger partial charge is 0.276 e. The van der Waals surface area contributed by atoms with E-state index in [1.54, 1.807) is 43.5 Å². The molecular formula is C21H20N4O5. The molecule has 1 amide bonds. The van der Waals surface area contributed by atoms with Crippen molar-refractivity contribution in [3.05, 3.63) is 53.6 Å². The number of carbonyl (C=O) groups excluding carboxylic acids is 1. The fourth-order valence-corrected chi connectivity index (χ4v) is 4.00. The number of hydrogen-bond donors (Lipinski definition) is 0. The second kappa shape index (κ2) is 6.81. The Hall–Kier alpha value is -3.46. The largest absolute Gasteiger partial charge is 0.493 e. The molecule has 0 atom stereocenters. The standard InChI is InChI=1S/C21H20N4O5/c1-12-22-7-14-15(24-12)8-30-21(14)9-25(10-21)20(26)18-19(29-11-23-18)13-4-5-16(27-2)17(6-13)28-3/h4-7,11H,8-10H2,1-3H3. The van der Waals surface area contributed by atoms with Gasteiger partial charge in [0.05, 0.1) is 39.6 Å². The van der Waals surface area contributed by atoms with Gasteiger partial charge in [0, 0.05) is 17.3 Å². The second-order valence-corrected chi connectivity index (χ2v) is 7.32. The molecule has 154 valence electrons. The molecule has 1 spiro atoms. The van der Waals surface area contributed by atoms with Crippen LogP contribution in [0.4, 0.5) is 0 Å². The quantitative estimate of drug-likeness (QED) is 0.649. The Morgan fingerprint density at radius 1 is 1.17 bits per heavy atom. The number of benzene rings is 1. The molecule has 1 saturated heterocycles. The van der Waals surface area contributed by atoms with Crippen molar-refractivity contribution in [3.8, 4) is 22.8 Å². The zero-order valence-corrected chi connectivity index (χ0v) is 16.8. The van der Waals surface area contributed by atoms with Gasteiger partial charge in [-0.05, 0) is 25.1 Å². The topological polar surface area (TPSA) is 99.8 Å². The molecular weight excluding hydrogens is 388 g/mol. The van der Waals surface area contributed by atoms with Crippen molar-refractivity contribution in [1.82, 2.24) is 19.9 Å². The van der Waals surface area contributed by atoms with Crippen molar-refractivity contribution >= 4 is 5.91 Å². The van der Waals surface area contributed by atoms with Crippen LogP contribution in [0, 0.1) is 6.92 Å². The van der Waals surface area contributed by atoms with E-state index in [2.05, 4.69) is 15.0 Å². The van der Waals surface area contributed by atoms with Crippen LogP contribution in [-0.2, 0) is 16.9 Å². The van der Waals surface area contributed by atoms with Gasteiger partial charge in [0.1, 0.15) is 11.4 Å². The Balaban J connectivity index is 1.39. The maximum atomic E-state index is 13.1. The summed E-state index contributed by atoms with van der Waals surface area (Å²) in [5.74, 6) is 2.01. The van der Waals surface area contributed by atoms with Crippen molar-refractivity contribution in [2.75, 3.05) is 27.3 Å². The Labute approximate surface area is 172 Å². The summed E-state index contributed by atoms with van der Waals surface area (Å²) in [6, 6.07) is 5.31. The predicted octanol–water partition coefficient (Wildman–Crippen LogP) is 2.34. The molecule has 0 aliphatic carbocycles. The van der Waals surface area contributed by atoms with Crippen LogP contribution in [0.25, 0.3) is 11.3 Å². The second-order valence-electron chi connectivity index (χ2n) is 7.32. The summed E-state index contributed by atoms with van der Waals surface area (Å²) >= 11 is 0. The number of aromatic nitrogens is 3. The fraction of sp³-hybridized carbons (Fsp3) is 0.333. The average Bonchev–Trinajstić information content (AvgIpc) is 3.36. The lowest BCUT2D eigenvalue weighted by atomic mass is 9.87. The Kier molecular flexibility index (Phi) is 4.21. The van der Waals surface area contributed by atoms with Gasteiger partial charge in [-0.3, -0.25) is 4.79 Å². The van der Waals surface area contributed by atoms with Gasteiger partial charge >= 0.3 is 0 Å². The lowest BCUT2D eigenvalue weighted by Crippen LogP contribution is -2.61. The van der Waals surface area contributed by atoms with Crippen molar-refractivity contribution in [1.29, 1.82) is 0 Å². The molecule has 30 heavy (non-hydrogen) atoms. The SMILES string of the molecule is COc1ccc(-c2ocnc2C(=O)N2CC3(C2)OCc2nc(C)ncc23)cc1OC. The number of amides is 1. The minimum atomic E-state index is -0.536. The van der Waals surface area contributed by atoms with Gasteiger partial charge in [0.25, 0.3) is 5.91 Å². The van der Waals surface area contributed by atoms with Crippen molar-refractivity contribution in [2.24, 2.45) is 0 Å². The van der Waals surface area contributed by atoms with Crippen molar-refractivity contribution < 1.29 is 23.4 Å². The highest BCUT2D eigenvalue weighted by molar-refractivity contribution is 5.98. The van der Waals surface area contributed by atoms with Crippen LogP contribution < -0.4 is 9.47 Å². The van der Waals surface area contributed by atoms with Gasteiger partial charge in [-0.1, -0.05) is 0 Å². The van der Waals surface area contributed by atoms with E-state index in [-0.39, 0.29) is 11.6 Å². The Morgan fingerprint density at radius 3 is 2.73 bits per heavy atom. The predicted molar refractivity (Wildman–Crippen MR) is 104 cm³/mol. The molecule has 0 bridgehead atoms. The first-order chi connectivity index (χ1) is 14.5. The third kappa shape index (κ3) is 2.73. The number of methoxy groups -OCH3 is 2. The Morgan fingerprint density at radius 2 is 1.97 bits per heavy atom. The van der Waals surface area contributed by atoms with Crippen LogP contribution >= 0.6 is 0 Å². The van der Waals surface area contributed by atoms with Gasteiger partial charge in [-0.25, -0.2) is 15.0 Å². The first kappa shape index (κ1) is 18.6. The minimum absolute atomic E-state index is 0.218. The first-order valence-electron chi connectivity index (χ1n) is 9.47. The summed E-state index contributed by atoms with van der Waals surface area (Å²) in [5, 5.41) is 0. The van der Waals surface area contributed by atoms with Gasteiger partial charge in [-0.2, -0.15) is 0 Å². The fourth-order valence-electron chi connectivity index (χ4n) is 4.00. The van der Waals surface area contributed by atoms with Crippen molar-refractivity contribution in [2.45, 2.75) is 19.1 Å². The number of likely N-dealkylation sites (tertiary alicyclic amines) is 1. The van der Waals surface area contributed by atoms with E-state index in [9.17, 15) is 4.79 Å². The molecule has 5 rings (SSSR count). The molecule has 9 nitrogen and oxygen atoms in total. The van der Waals surface area contributed by atoms with Crippen LogP contribution in [0.15, 0.2) is 35.2 Å². The van der Waals surface area contributed by atoms with Gasteiger partial charge in [-0.15, -0.1) is 0 Å². The first-order valence-corrected chi connectivity index (χ1v) is 9.47. The van der Waals surface area contributed by atoms with E-state index in [1.165, 1.54) is 6.39 Å². The summed E-state index contributed by atoms with van der Waals surface area (Å²) in [5.41, 5.74) is 2.23. The maximum absolute atomic E-state index is 13.1. The van der Waals surface area contributed by atoms with Crippen LogP contribution in [0.2, 0.25) is 0 Å². The van der Waals surface area contributed by atoms with Gasteiger partial charge in [0.15, 0.2) is 29.3 Å². The number of hydrogen-bond acceptors (Lipinski definition) is 8. The van der Waals surface area contributed by atoms with Crippen LogP contribution in [0.5, 0.6) is 11.5 Å². The minimum Gasteiger partial charge on any atom is -0.493 e. The van der Waals surface area contributed by atoms with Crippen LogP contribution in [0.3, 0.4) is 0 Å². The summed E-state index contributed by atoms with van der Waals surface area (Å²) in [4.78, 5) is 27.7. The highest BCUT2D eigenvalue weighted by Gasteiger charge is 2.53. The van der Waals surface area contributed by atoms with E-state index in [1.807, 2.05) is 6.92 Å². The van der Waals surface area contributed by atoms with E-state index in [0.717, 1.165) is 11.3 Å². The monoisotopic (exact) mass is 408 g/mol. The van der Waals surface area contributed by atoms with Crippen molar-refractivity contribution in [3.63, 3.8) is 0 Å². The van der Waals surface area contributed by atoms with Crippen LogP contribution in [-0.4, -0.2) is 53.1 Å². The Bertz CT molecular complexity index is 1140. The molecule has 0 N–H and O–H groups in total.